The van der Waals surface area contributed by atoms with Gasteiger partial charge in [0.25, 0.3) is 0 Å². The van der Waals surface area contributed by atoms with Gasteiger partial charge in [0.05, 0.1) is 10.0 Å². The van der Waals surface area contributed by atoms with E-state index in [9.17, 15) is 4.79 Å². The number of aromatic nitrogens is 1. The van der Waals surface area contributed by atoms with Crippen molar-refractivity contribution < 1.29 is 9.32 Å². The van der Waals surface area contributed by atoms with Crippen molar-refractivity contribution >= 4 is 29.0 Å². The number of hydrogen-bond acceptors (Lipinski definition) is 5. The van der Waals surface area contributed by atoms with Crippen molar-refractivity contribution in [1.29, 1.82) is 0 Å². The molecule has 1 N–H and O–H groups in total. The third-order valence-electron chi connectivity index (χ3n) is 4.27. The van der Waals surface area contributed by atoms with Crippen LogP contribution in [0.1, 0.15) is 21.9 Å². The van der Waals surface area contributed by atoms with E-state index in [4.69, 9.17) is 16.1 Å². The van der Waals surface area contributed by atoms with Gasteiger partial charge in [0.1, 0.15) is 5.76 Å². The predicted molar refractivity (Wildman–Crippen MR) is 94.4 cm³/mol. The van der Waals surface area contributed by atoms with Crippen LogP contribution < -0.4 is 5.32 Å². The van der Waals surface area contributed by atoms with E-state index < -0.39 is 0 Å². The van der Waals surface area contributed by atoms with Crippen molar-refractivity contribution in [3.05, 3.63) is 38.4 Å². The number of hydrogen-bond donors (Lipinski definition) is 1. The van der Waals surface area contributed by atoms with E-state index in [1.807, 2.05) is 24.8 Å². The van der Waals surface area contributed by atoms with Gasteiger partial charge in [-0.2, -0.15) is 0 Å². The van der Waals surface area contributed by atoms with E-state index in [1.165, 1.54) is 4.88 Å². The molecule has 0 radical (unpaired) electrons. The highest BCUT2D eigenvalue weighted by atomic mass is 35.5. The van der Waals surface area contributed by atoms with Crippen molar-refractivity contribution in [3.63, 3.8) is 0 Å². The molecule has 0 spiro atoms. The van der Waals surface area contributed by atoms with Crippen LogP contribution in [0.3, 0.4) is 0 Å². The van der Waals surface area contributed by atoms with Crippen molar-refractivity contribution in [1.82, 2.24) is 20.3 Å². The molecule has 0 atom stereocenters. The van der Waals surface area contributed by atoms with Gasteiger partial charge >= 0.3 is 6.03 Å². The molecule has 0 aliphatic carbocycles. The first-order valence-corrected chi connectivity index (χ1v) is 9.13. The second-order valence-corrected chi connectivity index (χ2v) is 7.73. The largest absolute Gasteiger partial charge is 0.361 e. The Morgan fingerprint density at radius 3 is 2.67 bits per heavy atom. The molecule has 1 aliphatic heterocycles. The minimum atomic E-state index is -0.0335. The molecule has 2 amide bonds. The molecule has 1 fully saturated rings. The average molecular weight is 369 g/mol. The van der Waals surface area contributed by atoms with Gasteiger partial charge in [0.15, 0.2) is 0 Å². The highest BCUT2D eigenvalue weighted by Crippen LogP contribution is 2.23. The second kappa shape index (κ2) is 7.55. The zero-order valence-electron chi connectivity index (χ0n) is 13.8. The van der Waals surface area contributed by atoms with Gasteiger partial charge in [0, 0.05) is 49.7 Å². The number of amides is 2. The van der Waals surface area contributed by atoms with Crippen LogP contribution in [0.15, 0.2) is 16.7 Å². The Balaban J connectivity index is 1.45. The minimum Gasteiger partial charge on any atom is -0.361 e. The Bertz CT molecular complexity index is 687. The summed E-state index contributed by atoms with van der Waals surface area (Å²) in [6, 6.07) is 3.96. The van der Waals surface area contributed by atoms with Gasteiger partial charge in [-0.05, 0) is 26.0 Å². The van der Waals surface area contributed by atoms with Gasteiger partial charge in [-0.1, -0.05) is 16.8 Å². The number of piperazine rings is 1. The molecule has 1 saturated heterocycles. The summed E-state index contributed by atoms with van der Waals surface area (Å²) in [6.07, 6.45) is 0. The summed E-state index contributed by atoms with van der Waals surface area (Å²) < 4.78 is 5.94. The Labute approximate surface area is 150 Å². The Morgan fingerprint density at radius 1 is 1.33 bits per heavy atom. The molecular weight excluding hydrogens is 348 g/mol. The van der Waals surface area contributed by atoms with Crippen LogP contribution in [0.2, 0.25) is 4.34 Å². The maximum atomic E-state index is 12.3. The van der Waals surface area contributed by atoms with E-state index >= 15 is 0 Å². The van der Waals surface area contributed by atoms with Gasteiger partial charge in [-0.25, -0.2) is 4.79 Å². The molecule has 130 valence electrons. The number of carbonyl (C=O) groups is 1. The molecule has 0 unspecified atom stereocenters. The topological polar surface area (TPSA) is 61.6 Å². The van der Waals surface area contributed by atoms with Gasteiger partial charge in [-0.15, -0.1) is 11.3 Å². The molecule has 1 aliphatic rings. The lowest BCUT2D eigenvalue weighted by atomic mass is 10.2. The first-order chi connectivity index (χ1) is 11.5. The molecule has 0 saturated carbocycles. The number of urea groups is 1. The van der Waals surface area contributed by atoms with Gasteiger partial charge in [-0.3, -0.25) is 4.90 Å². The summed E-state index contributed by atoms with van der Waals surface area (Å²) in [7, 11) is 0. The van der Waals surface area contributed by atoms with E-state index in [-0.39, 0.29) is 6.03 Å². The summed E-state index contributed by atoms with van der Waals surface area (Å²) in [4.78, 5) is 17.8. The molecule has 0 aromatic carbocycles. The molecule has 3 rings (SSSR count). The van der Waals surface area contributed by atoms with Gasteiger partial charge in [0.2, 0.25) is 0 Å². The molecule has 2 aromatic heterocycles. The standard InChI is InChI=1S/C16H21ClN4O2S/c1-11-14(12(2)23-19-11)9-18-16(22)21-7-5-20(6-8-21)10-13-3-4-15(17)24-13/h3-4H,5-10H2,1-2H3,(H,18,22). The number of nitrogens with one attached hydrogen (secondary N) is 1. The molecule has 3 heterocycles. The molecule has 8 heteroatoms. The van der Waals surface area contributed by atoms with Crippen LogP contribution >= 0.6 is 22.9 Å². The summed E-state index contributed by atoms with van der Waals surface area (Å²) in [6.45, 7) is 8.28. The average Bonchev–Trinajstić information content (AvgIpc) is 3.12. The Hall–Kier alpha value is -1.57. The van der Waals surface area contributed by atoms with Gasteiger partial charge < -0.3 is 14.7 Å². The predicted octanol–water partition coefficient (Wildman–Crippen LogP) is 3.03. The van der Waals surface area contributed by atoms with E-state index in [0.29, 0.717) is 6.54 Å². The van der Waals surface area contributed by atoms with Crippen LogP contribution in [-0.4, -0.2) is 47.2 Å². The summed E-state index contributed by atoms with van der Waals surface area (Å²) >= 11 is 7.58. The van der Waals surface area contributed by atoms with E-state index in [2.05, 4.69) is 21.4 Å². The number of halogens is 1. The normalized spacial score (nSPS) is 15.7. The number of thiophene rings is 1. The van der Waals surface area contributed by atoms with Crippen molar-refractivity contribution in [2.75, 3.05) is 26.2 Å². The first kappa shape index (κ1) is 17.3. The fourth-order valence-corrected chi connectivity index (χ4v) is 3.93. The maximum absolute atomic E-state index is 12.3. The number of nitrogens with zero attached hydrogens (tertiary/aromatic N) is 3. The lowest BCUT2D eigenvalue weighted by Crippen LogP contribution is -2.51. The number of aryl methyl sites for hydroxylation is 2. The van der Waals surface area contributed by atoms with E-state index in [0.717, 1.165) is 54.1 Å². The molecule has 2 aromatic rings. The van der Waals surface area contributed by atoms with Crippen molar-refractivity contribution in [2.24, 2.45) is 0 Å². The third-order valence-corrected chi connectivity index (χ3v) is 5.48. The highest BCUT2D eigenvalue weighted by molar-refractivity contribution is 7.16. The van der Waals surface area contributed by atoms with Crippen LogP contribution in [0.4, 0.5) is 4.79 Å². The van der Waals surface area contributed by atoms with Crippen LogP contribution in [0.5, 0.6) is 0 Å². The lowest BCUT2D eigenvalue weighted by molar-refractivity contribution is 0.135. The smallest absolute Gasteiger partial charge is 0.317 e. The van der Waals surface area contributed by atoms with Crippen LogP contribution in [0.25, 0.3) is 0 Å². The highest BCUT2D eigenvalue weighted by Gasteiger charge is 2.22. The SMILES string of the molecule is Cc1noc(C)c1CNC(=O)N1CCN(Cc2ccc(Cl)s2)CC1. The minimum absolute atomic E-state index is 0.0335. The Kier molecular flexibility index (Phi) is 5.43. The van der Waals surface area contributed by atoms with Crippen molar-refractivity contribution in [2.45, 2.75) is 26.9 Å². The number of rotatable bonds is 4. The van der Waals surface area contributed by atoms with Crippen LogP contribution in [-0.2, 0) is 13.1 Å². The fourth-order valence-electron chi connectivity index (χ4n) is 2.80. The molecule has 0 bridgehead atoms. The monoisotopic (exact) mass is 368 g/mol. The zero-order chi connectivity index (χ0) is 17.1. The maximum Gasteiger partial charge on any atom is 0.317 e. The van der Waals surface area contributed by atoms with Crippen molar-refractivity contribution in [3.8, 4) is 0 Å². The molecule has 6 nitrogen and oxygen atoms in total. The first-order valence-electron chi connectivity index (χ1n) is 7.94. The van der Waals surface area contributed by atoms with Crippen LogP contribution in [0, 0.1) is 13.8 Å². The summed E-state index contributed by atoms with van der Waals surface area (Å²) in [5, 5.41) is 6.86. The summed E-state index contributed by atoms with van der Waals surface area (Å²) in [5.74, 6) is 0.757. The third kappa shape index (κ3) is 4.09. The lowest BCUT2D eigenvalue weighted by Gasteiger charge is -2.34. The van der Waals surface area contributed by atoms with E-state index in [1.54, 1.807) is 11.3 Å². The number of carbonyl (C=O) groups excluding carboxylic acids is 1. The molecular formula is C16H21ClN4O2S. The molecule has 24 heavy (non-hydrogen) atoms. The zero-order valence-corrected chi connectivity index (χ0v) is 15.4. The Morgan fingerprint density at radius 2 is 2.08 bits per heavy atom. The fraction of sp³-hybridized carbons (Fsp3) is 0.500. The quantitative estimate of drug-likeness (QED) is 0.901. The summed E-state index contributed by atoms with van der Waals surface area (Å²) in [5.41, 5.74) is 1.78. The second-order valence-electron chi connectivity index (χ2n) is 5.93.